The number of thioether (sulfide) groups is 1. The minimum Gasteiger partial charge on any atom is -0.383 e. The maximum Gasteiger partial charge on any atom is 0.0587 e. The third-order valence-electron chi connectivity index (χ3n) is 3.23. The monoisotopic (exact) mass is 302 g/mol. The predicted octanol–water partition coefficient (Wildman–Crippen LogP) is 3.42. The highest BCUT2D eigenvalue weighted by Gasteiger charge is 2.01. The van der Waals surface area contributed by atoms with E-state index < -0.39 is 0 Å². The smallest absolute Gasteiger partial charge is 0.0587 e. The van der Waals surface area contributed by atoms with Gasteiger partial charge in [-0.3, -0.25) is 4.98 Å². The van der Waals surface area contributed by atoms with Gasteiger partial charge >= 0.3 is 0 Å². The number of nitrogens with zero attached hydrogens (tertiary/aromatic N) is 1. The molecule has 3 nitrogen and oxygen atoms in total. The average molecular weight is 302 g/mol. The van der Waals surface area contributed by atoms with Crippen LogP contribution in [0.2, 0.25) is 0 Å². The fraction of sp³-hybridized carbons (Fsp3) is 0.353. The zero-order valence-corrected chi connectivity index (χ0v) is 13.5. The van der Waals surface area contributed by atoms with Gasteiger partial charge in [-0.05, 0) is 36.2 Å². The number of pyridine rings is 1. The fourth-order valence-electron chi connectivity index (χ4n) is 1.93. The SMILES string of the molecule is COCCNCc1ccc(SCc2ncccc2C)cc1. The van der Waals surface area contributed by atoms with Gasteiger partial charge in [-0.2, -0.15) is 0 Å². The first-order chi connectivity index (χ1) is 10.3. The highest BCUT2D eigenvalue weighted by molar-refractivity contribution is 7.98. The maximum absolute atomic E-state index is 5.01. The number of ether oxygens (including phenoxy) is 1. The second kappa shape index (κ2) is 8.82. The minimum atomic E-state index is 0.747. The van der Waals surface area contributed by atoms with Gasteiger partial charge in [-0.15, -0.1) is 11.8 Å². The molecule has 21 heavy (non-hydrogen) atoms. The van der Waals surface area contributed by atoms with Crippen LogP contribution in [0.1, 0.15) is 16.8 Å². The summed E-state index contributed by atoms with van der Waals surface area (Å²) in [7, 11) is 1.72. The molecule has 1 heterocycles. The molecule has 1 aromatic heterocycles. The summed E-state index contributed by atoms with van der Waals surface area (Å²) in [5.74, 6) is 0.915. The Bertz CT molecular complexity index is 543. The predicted molar refractivity (Wildman–Crippen MR) is 88.6 cm³/mol. The molecule has 0 unspecified atom stereocenters. The molecule has 0 saturated carbocycles. The number of rotatable bonds is 8. The molecule has 1 N–H and O–H groups in total. The molecule has 0 aliphatic rings. The number of aryl methyl sites for hydroxylation is 1. The van der Waals surface area contributed by atoms with Gasteiger partial charge in [0, 0.05) is 37.0 Å². The Kier molecular flexibility index (Phi) is 6.73. The molecule has 0 radical (unpaired) electrons. The van der Waals surface area contributed by atoms with Crippen LogP contribution in [-0.4, -0.2) is 25.2 Å². The van der Waals surface area contributed by atoms with Crippen LogP contribution in [0.4, 0.5) is 0 Å². The van der Waals surface area contributed by atoms with Gasteiger partial charge < -0.3 is 10.1 Å². The lowest BCUT2D eigenvalue weighted by molar-refractivity contribution is 0.199. The summed E-state index contributed by atoms with van der Waals surface area (Å²) in [4.78, 5) is 5.70. The van der Waals surface area contributed by atoms with Crippen LogP contribution in [0.15, 0.2) is 47.5 Å². The van der Waals surface area contributed by atoms with Gasteiger partial charge in [0.05, 0.1) is 12.3 Å². The molecule has 0 bridgehead atoms. The van der Waals surface area contributed by atoms with E-state index in [1.54, 1.807) is 7.11 Å². The molecule has 4 heteroatoms. The summed E-state index contributed by atoms with van der Waals surface area (Å²) in [5, 5.41) is 3.35. The summed E-state index contributed by atoms with van der Waals surface area (Å²) in [5.41, 5.74) is 3.71. The summed E-state index contributed by atoms with van der Waals surface area (Å²) in [6.45, 7) is 4.62. The van der Waals surface area contributed by atoms with Crippen molar-refractivity contribution in [3.63, 3.8) is 0 Å². The lowest BCUT2D eigenvalue weighted by Gasteiger charge is -2.07. The van der Waals surface area contributed by atoms with Crippen molar-refractivity contribution in [1.29, 1.82) is 0 Å². The largest absolute Gasteiger partial charge is 0.383 e. The molecule has 2 rings (SSSR count). The van der Waals surface area contributed by atoms with Gasteiger partial charge in [0.2, 0.25) is 0 Å². The van der Waals surface area contributed by atoms with Gasteiger partial charge in [0.25, 0.3) is 0 Å². The van der Waals surface area contributed by atoms with E-state index in [0.29, 0.717) is 0 Å². The Morgan fingerprint density at radius 1 is 1.19 bits per heavy atom. The molecule has 0 aliphatic heterocycles. The van der Waals surface area contributed by atoms with E-state index in [0.717, 1.165) is 31.1 Å². The number of hydrogen-bond donors (Lipinski definition) is 1. The molecule has 2 aromatic rings. The molecular weight excluding hydrogens is 280 g/mol. The second-order valence-corrected chi connectivity index (χ2v) is 5.92. The molecule has 0 saturated heterocycles. The van der Waals surface area contributed by atoms with Gasteiger partial charge in [0.1, 0.15) is 0 Å². The fourth-order valence-corrected chi connectivity index (χ4v) is 2.87. The highest BCUT2D eigenvalue weighted by atomic mass is 32.2. The first-order valence-corrected chi connectivity index (χ1v) is 8.10. The van der Waals surface area contributed by atoms with E-state index in [4.69, 9.17) is 4.74 Å². The van der Waals surface area contributed by atoms with Crippen LogP contribution in [0.3, 0.4) is 0 Å². The Labute approximate surface area is 131 Å². The third kappa shape index (κ3) is 5.50. The van der Waals surface area contributed by atoms with Crippen LogP contribution in [0.5, 0.6) is 0 Å². The van der Waals surface area contributed by atoms with E-state index in [1.165, 1.54) is 16.0 Å². The Morgan fingerprint density at radius 2 is 2.00 bits per heavy atom. The van der Waals surface area contributed by atoms with Crippen molar-refractivity contribution < 1.29 is 4.74 Å². The molecule has 0 aliphatic carbocycles. The van der Waals surface area contributed by atoms with E-state index in [-0.39, 0.29) is 0 Å². The van der Waals surface area contributed by atoms with Crippen LogP contribution in [0.25, 0.3) is 0 Å². The van der Waals surface area contributed by atoms with Crippen molar-refractivity contribution >= 4 is 11.8 Å². The van der Waals surface area contributed by atoms with E-state index in [9.17, 15) is 0 Å². The van der Waals surface area contributed by atoms with Crippen molar-refractivity contribution in [3.8, 4) is 0 Å². The van der Waals surface area contributed by atoms with Crippen LogP contribution >= 0.6 is 11.8 Å². The van der Waals surface area contributed by atoms with Crippen LogP contribution in [0, 0.1) is 6.92 Å². The molecule has 0 fully saturated rings. The van der Waals surface area contributed by atoms with Crippen LogP contribution in [-0.2, 0) is 17.0 Å². The number of benzene rings is 1. The number of methoxy groups -OCH3 is 1. The Morgan fingerprint density at radius 3 is 2.71 bits per heavy atom. The lowest BCUT2D eigenvalue weighted by atomic mass is 10.2. The molecule has 112 valence electrons. The van der Waals surface area contributed by atoms with Crippen molar-refractivity contribution in [2.45, 2.75) is 24.1 Å². The average Bonchev–Trinajstić information content (AvgIpc) is 2.52. The summed E-state index contributed by atoms with van der Waals surface area (Å²) in [6.07, 6.45) is 1.86. The summed E-state index contributed by atoms with van der Waals surface area (Å²) in [6, 6.07) is 12.8. The Balaban J connectivity index is 1.81. The number of aromatic nitrogens is 1. The zero-order chi connectivity index (χ0) is 14.9. The first kappa shape index (κ1) is 16.0. The van der Waals surface area contributed by atoms with E-state index in [2.05, 4.69) is 47.6 Å². The first-order valence-electron chi connectivity index (χ1n) is 7.11. The molecule has 0 spiro atoms. The zero-order valence-electron chi connectivity index (χ0n) is 12.6. The van der Waals surface area contributed by atoms with Gasteiger partial charge in [-0.25, -0.2) is 0 Å². The molecule has 0 amide bonds. The topological polar surface area (TPSA) is 34.1 Å². The van der Waals surface area contributed by atoms with E-state index in [1.807, 2.05) is 24.0 Å². The lowest BCUT2D eigenvalue weighted by Crippen LogP contribution is -2.18. The standard InChI is InChI=1S/C17H22N2OS/c1-14-4-3-9-19-17(14)13-21-16-7-5-15(6-8-16)12-18-10-11-20-2/h3-9,18H,10-13H2,1-2H3. The molecule has 1 aromatic carbocycles. The molecule has 0 atom stereocenters. The normalized spacial score (nSPS) is 10.8. The second-order valence-electron chi connectivity index (χ2n) is 4.87. The highest BCUT2D eigenvalue weighted by Crippen LogP contribution is 2.23. The Hall–Kier alpha value is -1.36. The van der Waals surface area contributed by atoms with Crippen molar-refractivity contribution in [2.24, 2.45) is 0 Å². The van der Waals surface area contributed by atoms with Gasteiger partial charge in [-0.1, -0.05) is 18.2 Å². The number of hydrogen-bond acceptors (Lipinski definition) is 4. The third-order valence-corrected chi connectivity index (χ3v) is 4.25. The summed E-state index contributed by atoms with van der Waals surface area (Å²) >= 11 is 1.83. The summed E-state index contributed by atoms with van der Waals surface area (Å²) < 4.78 is 5.01. The van der Waals surface area contributed by atoms with Crippen molar-refractivity contribution in [2.75, 3.05) is 20.3 Å². The van der Waals surface area contributed by atoms with Crippen molar-refractivity contribution in [1.82, 2.24) is 10.3 Å². The quantitative estimate of drug-likeness (QED) is 0.598. The molecular formula is C17H22N2OS. The number of nitrogens with one attached hydrogen (secondary N) is 1. The van der Waals surface area contributed by atoms with Gasteiger partial charge in [0.15, 0.2) is 0 Å². The van der Waals surface area contributed by atoms with Crippen LogP contribution < -0.4 is 5.32 Å². The van der Waals surface area contributed by atoms with E-state index >= 15 is 0 Å². The maximum atomic E-state index is 5.01. The van der Waals surface area contributed by atoms with Crippen molar-refractivity contribution in [3.05, 3.63) is 59.4 Å². The minimum absolute atomic E-state index is 0.747.